The van der Waals surface area contributed by atoms with Crippen LogP contribution < -0.4 is 0 Å². The van der Waals surface area contributed by atoms with Gasteiger partial charge in [-0.15, -0.1) is 0 Å². The fourth-order valence-corrected chi connectivity index (χ4v) is 7.66. The lowest BCUT2D eigenvalue weighted by molar-refractivity contribution is 1.18. The normalized spacial score (nSPS) is 12.1. The second-order valence-electron chi connectivity index (χ2n) is 11.7. The first-order valence-electron chi connectivity index (χ1n) is 15.2. The predicted molar refractivity (Wildman–Crippen MR) is 188 cm³/mol. The maximum Gasteiger partial charge on any atom is 0.0548 e. The van der Waals surface area contributed by atoms with Gasteiger partial charge in [0.1, 0.15) is 0 Å². The molecule has 0 bridgehead atoms. The Kier molecular flexibility index (Phi) is 4.75. The van der Waals surface area contributed by atoms with E-state index in [2.05, 4.69) is 167 Å². The molecule has 204 valence electrons. The first-order chi connectivity index (χ1) is 21.9. The second kappa shape index (κ2) is 8.82. The van der Waals surface area contributed by atoms with Crippen molar-refractivity contribution in [2.75, 3.05) is 0 Å². The second-order valence-corrected chi connectivity index (χ2v) is 11.7. The van der Waals surface area contributed by atoms with Gasteiger partial charge in [-0.3, -0.25) is 0 Å². The molecule has 0 saturated heterocycles. The van der Waals surface area contributed by atoms with E-state index in [9.17, 15) is 0 Å². The number of hydrogen-bond acceptors (Lipinski definition) is 0. The average molecular weight is 559 g/mol. The maximum absolute atomic E-state index is 2.45. The zero-order valence-electron chi connectivity index (χ0n) is 23.9. The van der Waals surface area contributed by atoms with Crippen LogP contribution in [-0.4, -0.2) is 9.13 Å². The predicted octanol–water partition coefficient (Wildman–Crippen LogP) is 11.3. The molecule has 0 atom stereocenters. The highest BCUT2D eigenvalue weighted by atomic mass is 15.0. The SMILES string of the molecule is c1ccc(-n2c3ccc4ccccc4c3c3c4c(ccc32)ccc2c4c3c4ccccc4ccc3n2-c2ccccc2)cc1. The topological polar surface area (TPSA) is 9.86 Å². The Labute approximate surface area is 253 Å². The molecule has 0 aliphatic heterocycles. The van der Waals surface area contributed by atoms with E-state index in [0.717, 1.165) is 0 Å². The molecule has 0 saturated carbocycles. The summed E-state index contributed by atoms with van der Waals surface area (Å²) in [6.45, 7) is 0. The molecule has 0 aliphatic carbocycles. The molecular weight excluding hydrogens is 532 g/mol. The van der Waals surface area contributed by atoms with E-state index in [4.69, 9.17) is 0 Å². The molecular formula is C42H26N2. The standard InChI is InChI=1S/C42H26N2/c1-3-13-30(14-4-1)43-34-23-19-27-11-7-9-17-32(27)39(34)41-36(43)25-21-29-22-26-37-42(38(29)41)40-33-18-10-8-12-28(33)20-24-35(40)44(37)31-15-5-2-6-16-31/h1-26H. The first-order valence-corrected chi connectivity index (χ1v) is 15.2. The van der Waals surface area contributed by atoms with Crippen LogP contribution in [0.5, 0.6) is 0 Å². The number of para-hydroxylation sites is 2. The monoisotopic (exact) mass is 558 g/mol. The Morgan fingerprint density at radius 3 is 1.07 bits per heavy atom. The summed E-state index contributed by atoms with van der Waals surface area (Å²) in [6.07, 6.45) is 0. The van der Waals surface area contributed by atoms with Gasteiger partial charge in [0.25, 0.3) is 0 Å². The summed E-state index contributed by atoms with van der Waals surface area (Å²) in [7, 11) is 0. The van der Waals surface area contributed by atoms with E-state index >= 15 is 0 Å². The van der Waals surface area contributed by atoms with Gasteiger partial charge in [-0.1, -0.05) is 109 Å². The van der Waals surface area contributed by atoms with Crippen LogP contribution in [-0.2, 0) is 0 Å². The van der Waals surface area contributed by atoms with Gasteiger partial charge in [0.2, 0.25) is 0 Å². The molecule has 0 fully saturated rings. The van der Waals surface area contributed by atoms with Crippen LogP contribution in [0.4, 0.5) is 0 Å². The van der Waals surface area contributed by atoms with E-state index in [0.29, 0.717) is 0 Å². The van der Waals surface area contributed by atoms with E-state index in [1.54, 1.807) is 0 Å². The van der Waals surface area contributed by atoms with Crippen molar-refractivity contribution in [1.82, 2.24) is 9.13 Å². The Hall–Kier alpha value is -5.86. The zero-order valence-corrected chi connectivity index (χ0v) is 23.9. The minimum absolute atomic E-state index is 1.17. The first kappa shape index (κ1) is 23.7. The number of fused-ring (bicyclic) bond motifs is 13. The van der Waals surface area contributed by atoms with Crippen molar-refractivity contribution < 1.29 is 0 Å². The molecule has 0 aliphatic rings. The molecule has 2 heterocycles. The highest BCUT2D eigenvalue weighted by Gasteiger charge is 2.22. The number of rotatable bonds is 2. The summed E-state index contributed by atoms with van der Waals surface area (Å²) >= 11 is 0. The third-order valence-corrected chi connectivity index (χ3v) is 9.45. The maximum atomic E-state index is 2.45. The third kappa shape index (κ3) is 3.09. The molecule has 0 unspecified atom stereocenters. The van der Waals surface area contributed by atoms with Crippen molar-refractivity contribution in [3.8, 4) is 11.4 Å². The van der Waals surface area contributed by atoms with Gasteiger partial charge in [-0.2, -0.15) is 0 Å². The van der Waals surface area contributed by atoms with Gasteiger partial charge in [-0.25, -0.2) is 0 Å². The summed E-state index contributed by atoms with van der Waals surface area (Å²) in [5.41, 5.74) is 7.25. The van der Waals surface area contributed by atoms with Crippen LogP contribution in [0, 0.1) is 0 Å². The smallest absolute Gasteiger partial charge is 0.0548 e. The van der Waals surface area contributed by atoms with Crippen LogP contribution >= 0.6 is 0 Å². The van der Waals surface area contributed by atoms with Crippen LogP contribution in [0.1, 0.15) is 0 Å². The molecule has 10 rings (SSSR count). The van der Waals surface area contributed by atoms with Crippen LogP contribution in [0.15, 0.2) is 158 Å². The van der Waals surface area contributed by atoms with Gasteiger partial charge >= 0.3 is 0 Å². The minimum atomic E-state index is 1.17. The Morgan fingerprint density at radius 1 is 0.250 bits per heavy atom. The minimum Gasteiger partial charge on any atom is -0.309 e. The number of aromatic nitrogens is 2. The van der Waals surface area contributed by atoms with Gasteiger partial charge in [0.15, 0.2) is 0 Å². The molecule has 2 aromatic heterocycles. The van der Waals surface area contributed by atoms with E-state index < -0.39 is 0 Å². The van der Waals surface area contributed by atoms with Crippen molar-refractivity contribution in [1.29, 1.82) is 0 Å². The summed E-state index contributed by atoms with van der Waals surface area (Å²) in [4.78, 5) is 0. The zero-order chi connectivity index (χ0) is 28.8. The number of hydrogen-bond donors (Lipinski definition) is 0. The summed E-state index contributed by atoms with van der Waals surface area (Å²) in [5, 5.41) is 12.9. The molecule has 10 aromatic rings. The number of benzene rings is 8. The third-order valence-electron chi connectivity index (χ3n) is 9.45. The Bertz CT molecular complexity index is 2560. The van der Waals surface area contributed by atoms with Gasteiger partial charge in [0, 0.05) is 38.3 Å². The molecule has 2 heteroatoms. The van der Waals surface area contributed by atoms with Gasteiger partial charge < -0.3 is 9.13 Å². The van der Waals surface area contributed by atoms with Crippen molar-refractivity contribution in [2.24, 2.45) is 0 Å². The number of nitrogens with zero attached hydrogens (tertiary/aromatic N) is 2. The quantitative estimate of drug-likeness (QED) is 0.200. The lowest BCUT2D eigenvalue weighted by Crippen LogP contribution is -1.93. The van der Waals surface area contributed by atoms with Crippen LogP contribution in [0.25, 0.3) is 87.3 Å². The summed E-state index contributed by atoms with van der Waals surface area (Å²) < 4.78 is 4.90. The van der Waals surface area contributed by atoms with E-state index in [1.165, 1.54) is 87.3 Å². The van der Waals surface area contributed by atoms with Gasteiger partial charge in [-0.05, 0) is 75.5 Å². The lowest BCUT2D eigenvalue weighted by Gasteiger charge is -2.10. The molecule has 0 spiro atoms. The van der Waals surface area contributed by atoms with Crippen molar-refractivity contribution >= 4 is 75.9 Å². The Balaban J connectivity index is 1.55. The highest BCUT2D eigenvalue weighted by molar-refractivity contribution is 6.38. The average Bonchev–Trinajstić information content (AvgIpc) is 3.62. The highest BCUT2D eigenvalue weighted by Crippen LogP contribution is 2.46. The van der Waals surface area contributed by atoms with Crippen molar-refractivity contribution in [2.45, 2.75) is 0 Å². The summed E-state index contributed by atoms with van der Waals surface area (Å²) in [6, 6.07) is 57.6. The summed E-state index contributed by atoms with van der Waals surface area (Å²) in [5.74, 6) is 0. The molecule has 0 amide bonds. The van der Waals surface area contributed by atoms with Gasteiger partial charge in [0.05, 0.1) is 22.1 Å². The van der Waals surface area contributed by atoms with Crippen LogP contribution in [0.2, 0.25) is 0 Å². The van der Waals surface area contributed by atoms with E-state index in [1.807, 2.05) is 0 Å². The lowest BCUT2D eigenvalue weighted by atomic mass is 9.95. The molecule has 0 N–H and O–H groups in total. The largest absolute Gasteiger partial charge is 0.309 e. The fourth-order valence-electron chi connectivity index (χ4n) is 7.66. The Morgan fingerprint density at radius 2 is 0.614 bits per heavy atom. The molecule has 8 aromatic carbocycles. The van der Waals surface area contributed by atoms with Crippen molar-refractivity contribution in [3.05, 3.63) is 158 Å². The fraction of sp³-hybridized carbons (Fsp3) is 0. The van der Waals surface area contributed by atoms with Crippen molar-refractivity contribution in [3.63, 3.8) is 0 Å². The molecule has 2 nitrogen and oxygen atoms in total. The molecule has 0 radical (unpaired) electrons. The van der Waals surface area contributed by atoms with E-state index in [-0.39, 0.29) is 0 Å². The molecule has 44 heavy (non-hydrogen) atoms. The van der Waals surface area contributed by atoms with Crippen LogP contribution in [0.3, 0.4) is 0 Å².